The van der Waals surface area contributed by atoms with Gasteiger partial charge in [-0.05, 0) is 97.6 Å². The number of benzene rings is 3. The quantitative estimate of drug-likeness (QED) is 0.259. The lowest BCUT2D eigenvalue weighted by Gasteiger charge is -2.37. The van der Waals surface area contributed by atoms with Gasteiger partial charge in [-0.25, -0.2) is 0 Å². The minimum absolute atomic E-state index is 0.466. The van der Waals surface area contributed by atoms with Crippen molar-refractivity contribution >= 4 is 23.7 Å². The number of hydrogen-bond acceptors (Lipinski definition) is 0. The number of allylic oxidation sites excluding steroid dienone is 2. The molecule has 2 radical (unpaired) electrons. The van der Waals surface area contributed by atoms with Gasteiger partial charge in [-0.2, -0.15) is 0 Å². The molecule has 0 aliphatic heterocycles. The molecule has 2 aliphatic carbocycles. The van der Waals surface area contributed by atoms with Gasteiger partial charge >= 0.3 is 0 Å². The summed E-state index contributed by atoms with van der Waals surface area (Å²) in [5.41, 5.74) is 14.7. The van der Waals surface area contributed by atoms with Crippen molar-refractivity contribution in [3.63, 3.8) is 0 Å². The third-order valence-electron chi connectivity index (χ3n) is 9.40. The van der Waals surface area contributed by atoms with Crippen molar-refractivity contribution in [1.82, 2.24) is 0 Å². The third kappa shape index (κ3) is 4.59. The molecule has 0 aromatic heterocycles. The Kier molecular flexibility index (Phi) is 7.68. The Labute approximate surface area is 245 Å². The van der Waals surface area contributed by atoms with Gasteiger partial charge in [0.05, 0.1) is 0 Å². The fraction of sp³-hybridized carbons (Fsp3) is 0.385. The molecule has 40 heavy (non-hydrogen) atoms. The third-order valence-corrected chi connectivity index (χ3v) is 14.2. The highest BCUT2D eigenvalue weighted by Crippen LogP contribution is 2.53. The lowest BCUT2D eigenvalue weighted by Crippen LogP contribution is -2.48. The number of fused-ring (bicyclic) bond motifs is 2. The van der Waals surface area contributed by atoms with Gasteiger partial charge < -0.3 is 0 Å². The van der Waals surface area contributed by atoms with Crippen LogP contribution in [0.4, 0.5) is 0 Å². The molecule has 0 bridgehead atoms. The normalized spacial score (nSPS) is 15.4. The minimum atomic E-state index is -2.43. The maximum Gasteiger partial charge on any atom is 0.146 e. The molecule has 5 rings (SSSR count). The Morgan fingerprint density at radius 2 is 0.925 bits per heavy atom. The van der Waals surface area contributed by atoms with Crippen LogP contribution < -0.4 is 5.19 Å². The van der Waals surface area contributed by atoms with Crippen LogP contribution in [0.5, 0.6) is 0 Å². The molecule has 0 spiro atoms. The van der Waals surface area contributed by atoms with E-state index in [0.717, 1.165) is 0 Å². The van der Waals surface area contributed by atoms with E-state index in [4.69, 9.17) is 0 Å². The molecule has 2 aliphatic rings. The number of hydrogen-bond donors (Lipinski definition) is 0. The van der Waals surface area contributed by atoms with E-state index in [0.29, 0.717) is 23.7 Å². The fourth-order valence-corrected chi connectivity index (χ4v) is 12.3. The summed E-state index contributed by atoms with van der Waals surface area (Å²) in [5.74, 6) is 1.97. The molecule has 0 heterocycles. The predicted molar refractivity (Wildman–Crippen MR) is 179 cm³/mol. The van der Waals surface area contributed by atoms with Crippen LogP contribution in [0.2, 0.25) is 6.55 Å². The molecule has 0 amide bonds. The van der Waals surface area contributed by atoms with E-state index in [-0.39, 0.29) is 0 Å². The van der Waals surface area contributed by atoms with Crippen LogP contribution in [0.3, 0.4) is 0 Å². The van der Waals surface area contributed by atoms with Crippen molar-refractivity contribution in [3.8, 4) is 0 Å². The highest BCUT2D eigenvalue weighted by Gasteiger charge is 2.47. The Hall–Kier alpha value is -2.64. The van der Waals surface area contributed by atoms with Crippen molar-refractivity contribution in [2.75, 3.05) is 0 Å². The fourth-order valence-electron chi connectivity index (χ4n) is 7.28. The summed E-state index contributed by atoms with van der Waals surface area (Å²) in [6, 6.07) is 21.5. The summed E-state index contributed by atoms with van der Waals surface area (Å²) >= 11 is 0. The zero-order valence-electron chi connectivity index (χ0n) is 26.7. The summed E-state index contributed by atoms with van der Waals surface area (Å²) < 4.78 is 0. The SMILES string of the molecule is CC1=C([Si](C)(C2=C(C)[CH]c3cc(C(C)C)cc(C(C)C)c32)c2ccccc2)c2c(cc(C(C)C)cc2C(C)C)[CH]1. The predicted octanol–water partition coefficient (Wildman–Crippen LogP) is 10.6. The van der Waals surface area contributed by atoms with E-state index >= 15 is 0 Å². The first-order valence-corrected chi connectivity index (χ1v) is 17.9. The van der Waals surface area contributed by atoms with Crippen LogP contribution in [-0.2, 0) is 0 Å². The van der Waals surface area contributed by atoms with Gasteiger partial charge in [0.1, 0.15) is 8.07 Å². The molecular weight excluding hydrogens is 497 g/mol. The molecule has 208 valence electrons. The molecule has 0 saturated carbocycles. The van der Waals surface area contributed by atoms with Gasteiger partial charge in [-0.3, -0.25) is 0 Å². The average molecular weight is 545 g/mol. The first-order chi connectivity index (χ1) is 18.9. The van der Waals surface area contributed by atoms with Crippen LogP contribution in [0.25, 0.3) is 10.4 Å². The minimum Gasteiger partial charge on any atom is -0.0642 e. The second kappa shape index (κ2) is 10.6. The topological polar surface area (TPSA) is 0 Å². The van der Waals surface area contributed by atoms with Crippen molar-refractivity contribution in [3.05, 3.63) is 123 Å². The zero-order chi connectivity index (χ0) is 29.1. The standard InChI is InChI=1S/C39H48Si/c1-23(2)29-19-31-17-27(9)38(36(31)34(21-29)25(5)6)40(11,33-15-13-12-14-16-33)39-28(10)18-32-20-30(24(3)4)22-35(26(7)8)37(32)39/h12-26H,1-11H3. The van der Waals surface area contributed by atoms with E-state index in [9.17, 15) is 0 Å². The van der Waals surface area contributed by atoms with Crippen LogP contribution in [0, 0.1) is 12.8 Å². The van der Waals surface area contributed by atoms with Crippen LogP contribution in [0.1, 0.15) is 137 Å². The molecule has 1 heteroatoms. The molecular formula is C39H48Si. The largest absolute Gasteiger partial charge is 0.146 e. The molecule has 0 fully saturated rings. The zero-order valence-corrected chi connectivity index (χ0v) is 27.7. The Bertz CT molecular complexity index is 1410. The lowest BCUT2D eigenvalue weighted by atomic mass is 9.89. The summed E-state index contributed by atoms with van der Waals surface area (Å²) in [6.45, 7) is 26.2. The second-order valence-corrected chi connectivity index (χ2v) is 17.5. The highest BCUT2D eigenvalue weighted by atomic mass is 28.3. The van der Waals surface area contributed by atoms with E-state index < -0.39 is 8.07 Å². The van der Waals surface area contributed by atoms with E-state index in [1.807, 2.05) is 0 Å². The maximum absolute atomic E-state index is 2.65. The van der Waals surface area contributed by atoms with E-state index in [1.165, 1.54) is 60.8 Å². The van der Waals surface area contributed by atoms with E-state index in [2.05, 4.69) is 143 Å². The van der Waals surface area contributed by atoms with Crippen molar-refractivity contribution in [2.24, 2.45) is 0 Å². The molecule has 3 aromatic rings. The second-order valence-electron chi connectivity index (χ2n) is 13.7. The van der Waals surface area contributed by atoms with Gasteiger partial charge in [-0.1, -0.05) is 128 Å². The van der Waals surface area contributed by atoms with E-state index in [1.54, 1.807) is 10.4 Å². The van der Waals surface area contributed by atoms with Crippen LogP contribution in [0.15, 0.2) is 65.7 Å². The van der Waals surface area contributed by atoms with Crippen molar-refractivity contribution < 1.29 is 0 Å². The molecule has 0 N–H and O–H groups in total. The summed E-state index contributed by atoms with van der Waals surface area (Å²) in [4.78, 5) is 0. The Morgan fingerprint density at radius 1 is 0.525 bits per heavy atom. The number of rotatable bonds is 7. The Balaban J connectivity index is 1.86. The van der Waals surface area contributed by atoms with Crippen LogP contribution >= 0.6 is 0 Å². The first kappa shape index (κ1) is 28.9. The van der Waals surface area contributed by atoms with Gasteiger partial charge in [0.15, 0.2) is 0 Å². The summed E-state index contributed by atoms with van der Waals surface area (Å²) in [6.07, 6.45) is 4.99. The molecule has 0 atom stereocenters. The molecule has 0 nitrogen and oxygen atoms in total. The van der Waals surface area contributed by atoms with Crippen LogP contribution in [-0.4, -0.2) is 8.07 Å². The monoisotopic (exact) mass is 544 g/mol. The van der Waals surface area contributed by atoms with Crippen molar-refractivity contribution in [1.29, 1.82) is 0 Å². The van der Waals surface area contributed by atoms with Gasteiger partial charge in [0.2, 0.25) is 0 Å². The summed E-state index contributed by atoms with van der Waals surface area (Å²) in [7, 11) is -2.43. The van der Waals surface area contributed by atoms with Gasteiger partial charge in [-0.15, -0.1) is 0 Å². The first-order valence-electron chi connectivity index (χ1n) is 15.4. The van der Waals surface area contributed by atoms with Gasteiger partial charge in [0.25, 0.3) is 0 Å². The average Bonchev–Trinajstić information content (AvgIpc) is 3.42. The van der Waals surface area contributed by atoms with Gasteiger partial charge in [0, 0.05) is 12.8 Å². The molecule has 3 aromatic carbocycles. The summed E-state index contributed by atoms with van der Waals surface area (Å²) in [5, 5.41) is 4.74. The molecule has 0 saturated heterocycles. The smallest absolute Gasteiger partial charge is 0.0642 e. The lowest BCUT2D eigenvalue weighted by molar-refractivity contribution is 0.830. The highest BCUT2D eigenvalue weighted by molar-refractivity contribution is 7.18. The van der Waals surface area contributed by atoms with Crippen molar-refractivity contribution in [2.45, 2.75) is 99.5 Å². The Morgan fingerprint density at radius 3 is 1.27 bits per heavy atom. The maximum atomic E-state index is 2.65. The molecule has 0 unspecified atom stereocenters.